The lowest BCUT2D eigenvalue weighted by atomic mass is 10.4. The molecule has 0 atom stereocenters. The number of nitrogens with zero attached hydrogens (tertiary/aromatic N) is 1. The summed E-state index contributed by atoms with van der Waals surface area (Å²) in [4.78, 5) is 11.7. The maximum Gasteiger partial charge on any atom is 0.422 e. The van der Waals surface area contributed by atoms with Gasteiger partial charge in [-0.3, -0.25) is 0 Å². The Morgan fingerprint density at radius 3 is 2.47 bits per heavy atom. The van der Waals surface area contributed by atoms with Crippen molar-refractivity contribution in [1.29, 1.82) is 0 Å². The number of thioether (sulfide) groups is 2. The predicted octanol–water partition coefficient (Wildman–Crippen LogP) is 2.10. The van der Waals surface area contributed by atoms with Crippen LogP contribution in [0, 0.1) is 0 Å². The number of amides is 1. The van der Waals surface area contributed by atoms with E-state index < -0.39 is 16.3 Å². The largest absolute Gasteiger partial charge is 0.452 e. The highest BCUT2D eigenvalue weighted by atomic mass is 32.2. The molecule has 1 rings (SSSR count). The summed E-state index contributed by atoms with van der Waals surface area (Å²) in [7, 11) is -3.03. The number of hydrogen-bond donors (Lipinski definition) is 1. The van der Waals surface area contributed by atoms with Crippen LogP contribution in [0.4, 0.5) is 4.79 Å². The minimum atomic E-state index is -4.10. The van der Waals surface area contributed by atoms with Crippen molar-refractivity contribution in [2.45, 2.75) is 4.90 Å². The summed E-state index contributed by atoms with van der Waals surface area (Å²) in [5.74, 6) is 0. The predicted molar refractivity (Wildman–Crippen MR) is 77.7 cm³/mol. The molecule has 9 heteroatoms. The van der Waals surface area contributed by atoms with E-state index in [0.717, 1.165) is 12.0 Å². The molecule has 0 saturated carbocycles. The topological polar surface area (TPSA) is 84.8 Å². The van der Waals surface area contributed by atoms with Crippen LogP contribution >= 0.6 is 23.5 Å². The molecular weight excluding hydrogens is 308 g/mol. The molecule has 19 heavy (non-hydrogen) atoms. The Morgan fingerprint density at radius 1 is 1.32 bits per heavy atom. The standard InChI is InChI=1S/C10H12N2O4S3/c1-16-9(13)11-19(14,15)12-10(17-2)18-8-6-4-3-5-7-8/h3-7H,1-2H3,(H,11,13)/b12-10+. The van der Waals surface area contributed by atoms with E-state index in [0.29, 0.717) is 4.38 Å². The maximum absolute atomic E-state index is 11.5. The van der Waals surface area contributed by atoms with Crippen molar-refractivity contribution in [3.63, 3.8) is 0 Å². The minimum Gasteiger partial charge on any atom is -0.452 e. The van der Waals surface area contributed by atoms with Crippen molar-refractivity contribution >= 4 is 44.2 Å². The molecule has 0 aliphatic heterocycles. The van der Waals surface area contributed by atoms with Gasteiger partial charge in [-0.2, -0.15) is 13.1 Å². The van der Waals surface area contributed by atoms with Crippen LogP contribution < -0.4 is 4.72 Å². The average Bonchev–Trinajstić information content (AvgIpc) is 2.38. The van der Waals surface area contributed by atoms with Gasteiger partial charge >= 0.3 is 16.3 Å². The molecule has 1 aromatic carbocycles. The van der Waals surface area contributed by atoms with Gasteiger partial charge in [-0.25, -0.2) is 4.79 Å². The molecule has 0 aliphatic rings. The van der Waals surface area contributed by atoms with Crippen LogP contribution in [0.3, 0.4) is 0 Å². The van der Waals surface area contributed by atoms with Crippen molar-refractivity contribution in [3.8, 4) is 0 Å². The molecule has 0 heterocycles. The minimum absolute atomic E-state index is 0.294. The Labute approximate surface area is 120 Å². The third-order valence-electron chi connectivity index (χ3n) is 1.72. The van der Waals surface area contributed by atoms with Crippen LogP contribution in [-0.4, -0.2) is 32.3 Å². The lowest BCUT2D eigenvalue weighted by Gasteiger charge is -2.04. The Balaban J connectivity index is 2.84. The Kier molecular flexibility index (Phi) is 6.19. The fraction of sp³-hybridized carbons (Fsp3) is 0.200. The zero-order chi connectivity index (χ0) is 14.3. The smallest absolute Gasteiger partial charge is 0.422 e. The van der Waals surface area contributed by atoms with E-state index in [1.165, 1.54) is 23.5 Å². The van der Waals surface area contributed by atoms with E-state index in [9.17, 15) is 13.2 Å². The SMILES string of the molecule is COC(=O)NS(=O)(=O)/N=C(\SC)Sc1ccccc1. The fourth-order valence-electron chi connectivity index (χ4n) is 0.955. The van der Waals surface area contributed by atoms with Gasteiger partial charge in [0.15, 0.2) is 0 Å². The summed E-state index contributed by atoms with van der Waals surface area (Å²) >= 11 is 2.36. The molecule has 0 saturated heterocycles. The number of carbonyl (C=O) groups excluding carboxylic acids is 1. The van der Waals surface area contributed by atoms with Crippen molar-refractivity contribution in [2.24, 2.45) is 4.40 Å². The van der Waals surface area contributed by atoms with Crippen molar-refractivity contribution in [3.05, 3.63) is 30.3 Å². The highest BCUT2D eigenvalue weighted by Crippen LogP contribution is 2.24. The second kappa shape index (κ2) is 7.41. The van der Waals surface area contributed by atoms with Crippen LogP contribution in [0.15, 0.2) is 39.6 Å². The van der Waals surface area contributed by atoms with Crippen molar-refractivity contribution in [1.82, 2.24) is 4.72 Å². The van der Waals surface area contributed by atoms with Gasteiger partial charge in [-0.05, 0) is 18.4 Å². The van der Waals surface area contributed by atoms with Crippen molar-refractivity contribution in [2.75, 3.05) is 13.4 Å². The molecule has 0 unspecified atom stereocenters. The first-order chi connectivity index (χ1) is 8.96. The third kappa shape index (κ3) is 5.99. The van der Waals surface area contributed by atoms with E-state index in [2.05, 4.69) is 9.13 Å². The number of methoxy groups -OCH3 is 1. The van der Waals surface area contributed by atoms with Crippen molar-refractivity contribution < 1.29 is 17.9 Å². The van der Waals surface area contributed by atoms with E-state index >= 15 is 0 Å². The molecule has 0 spiro atoms. The monoisotopic (exact) mass is 320 g/mol. The third-order valence-corrected chi connectivity index (χ3v) is 4.76. The fourth-order valence-corrected chi connectivity index (χ4v) is 3.64. The van der Waals surface area contributed by atoms with Crippen LogP contribution in [-0.2, 0) is 14.9 Å². The average molecular weight is 320 g/mol. The van der Waals surface area contributed by atoms with Crippen LogP contribution in [0.2, 0.25) is 0 Å². The molecule has 104 valence electrons. The highest BCUT2D eigenvalue weighted by Gasteiger charge is 2.15. The number of ether oxygens (including phenoxy) is 1. The van der Waals surface area contributed by atoms with E-state index in [1.54, 1.807) is 11.0 Å². The van der Waals surface area contributed by atoms with Gasteiger partial charge < -0.3 is 4.74 Å². The first-order valence-corrected chi connectivity index (χ1v) is 8.42. The maximum atomic E-state index is 11.5. The number of carbonyl (C=O) groups is 1. The van der Waals surface area contributed by atoms with Crippen LogP contribution in [0.1, 0.15) is 0 Å². The summed E-state index contributed by atoms with van der Waals surface area (Å²) in [5.41, 5.74) is 0. The van der Waals surface area contributed by atoms with Gasteiger partial charge in [0.25, 0.3) is 0 Å². The first-order valence-electron chi connectivity index (χ1n) is 4.94. The summed E-state index contributed by atoms with van der Waals surface area (Å²) < 4.78 is 32.7. The highest BCUT2D eigenvalue weighted by molar-refractivity contribution is 8.39. The summed E-state index contributed by atoms with van der Waals surface area (Å²) in [6.07, 6.45) is 0.622. The molecular formula is C10H12N2O4S3. The summed E-state index contributed by atoms with van der Waals surface area (Å²) in [6.45, 7) is 0. The summed E-state index contributed by atoms with van der Waals surface area (Å²) in [6, 6.07) is 9.19. The van der Waals surface area contributed by atoms with E-state index in [4.69, 9.17) is 0 Å². The molecule has 1 aromatic rings. The van der Waals surface area contributed by atoms with Gasteiger partial charge in [-0.15, -0.1) is 16.2 Å². The van der Waals surface area contributed by atoms with Crippen LogP contribution in [0.5, 0.6) is 0 Å². The molecule has 1 amide bonds. The number of hydrogen-bond acceptors (Lipinski definition) is 6. The summed E-state index contributed by atoms with van der Waals surface area (Å²) in [5, 5.41) is 0. The van der Waals surface area contributed by atoms with E-state index in [-0.39, 0.29) is 0 Å². The van der Waals surface area contributed by atoms with Gasteiger partial charge in [0.1, 0.15) is 4.38 Å². The molecule has 0 bridgehead atoms. The normalized spacial score (nSPS) is 12.0. The van der Waals surface area contributed by atoms with Gasteiger partial charge in [0.05, 0.1) is 7.11 Å². The number of benzene rings is 1. The zero-order valence-corrected chi connectivity index (χ0v) is 12.6. The van der Waals surface area contributed by atoms with Gasteiger partial charge in [0, 0.05) is 4.90 Å². The molecule has 1 N–H and O–H groups in total. The molecule has 0 aromatic heterocycles. The second-order valence-corrected chi connectivity index (χ2v) is 6.50. The molecule has 6 nitrogen and oxygen atoms in total. The second-order valence-electron chi connectivity index (χ2n) is 3.05. The Hall–Kier alpha value is -1.19. The lowest BCUT2D eigenvalue weighted by Crippen LogP contribution is -2.29. The van der Waals surface area contributed by atoms with E-state index in [1.807, 2.05) is 30.3 Å². The Morgan fingerprint density at radius 2 is 1.95 bits per heavy atom. The number of nitrogens with one attached hydrogen (secondary N) is 1. The van der Waals surface area contributed by atoms with Gasteiger partial charge in [0.2, 0.25) is 0 Å². The molecule has 0 fully saturated rings. The molecule has 0 aliphatic carbocycles. The number of rotatable bonds is 3. The Bertz CT molecular complexity index is 557. The quantitative estimate of drug-likeness (QED) is 0.521. The van der Waals surface area contributed by atoms with Crippen LogP contribution in [0.25, 0.3) is 0 Å². The first kappa shape index (κ1) is 15.9. The van der Waals surface area contributed by atoms with Gasteiger partial charge in [-0.1, -0.05) is 30.0 Å². The zero-order valence-electron chi connectivity index (χ0n) is 10.2. The molecule has 0 radical (unpaired) electrons. The lowest BCUT2D eigenvalue weighted by molar-refractivity contribution is 0.177.